The number of hydrogen-bond donors (Lipinski definition) is 1. The number of hydrogen-bond acceptors (Lipinski definition) is 1. The van der Waals surface area contributed by atoms with Crippen LogP contribution in [0.25, 0.3) is 0 Å². The Hall–Kier alpha value is -1.31. The lowest BCUT2D eigenvalue weighted by Gasteiger charge is -2.29. The topological polar surface area (TPSA) is 29.1 Å². The van der Waals surface area contributed by atoms with Gasteiger partial charge in [0.2, 0.25) is 0 Å². The molecule has 1 aromatic carbocycles. The van der Waals surface area contributed by atoms with Crippen molar-refractivity contribution in [1.82, 2.24) is 5.32 Å². The van der Waals surface area contributed by atoms with E-state index in [9.17, 15) is 4.79 Å². The molecule has 0 aromatic heterocycles. The molecule has 1 amide bonds. The van der Waals surface area contributed by atoms with Crippen LogP contribution in [0.3, 0.4) is 0 Å². The third-order valence-electron chi connectivity index (χ3n) is 3.35. The van der Waals surface area contributed by atoms with Crippen LogP contribution in [-0.4, -0.2) is 11.9 Å². The van der Waals surface area contributed by atoms with Crippen molar-refractivity contribution in [1.29, 1.82) is 0 Å². The molecule has 1 aromatic rings. The van der Waals surface area contributed by atoms with E-state index in [1.165, 1.54) is 5.56 Å². The predicted molar refractivity (Wildman–Crippen MR) is 60.9 cm³/mol. The Morgan fingerprint density at radius 1 is 1.47 bits per heavy atom. The normalized spacial score (nSPS) is 21.7. The summed E-state index contributed by atoms with van der Waals surface area (Å²) in [6, 6.07) is 8.19. The van der Waals surface area contributed by atoms with Gasteiger partial charge in [0.25, 0.3) is 5.91 Å². The van der Waals surface area contributed by atoms with E-state index in [0.29, 0.717) is 12.0 Å². The maximum absolute atomic E-state index is 11.8. The van der Waals surface area contributed by atoms with Crippen molar-refractivity contribution in [3.05, 3.63) is 35.4 Å². The average Bonchev–Trinajstić information content (AvgIpc) is 2.28. The van der Waals surface area contributed by atoms with Gasteiger partial charge in [-0.05, 0) is 24.0 Å². The molecule has 2 rings (SSSR count). The monoisotopic (exact) mass is 203 g/mol. The van der Waals surface area contributed by atoms with Crippen molar-refractivity contribution in [3.8, 4) is 0 Å². The highest BCUT2D eigenvalue weighted by molar-refractivity contribution is 5.97. The number of benzene rings is 1. The molecule has 0 saturated heterocycles. The zero-order valence-corrected chi connectivity index (χ0v) is 9.29. The fourth-order valence-electron chi connectivity index (χ4n) is 2.08. The number of fused-ring (bicyclic) bond motifs is 1. The van der Waals surface area contributed by atoms with Gasteiger partial charge in [-0.25, -0.2) is 0 Å². The van der Waals surface area contributed by atoms with Gasteiger partial charge in [0.1, 0.15) is 0 Å². The molecule has 0 bridgehead atoms. The second-order valence-electron chi connectivity index (χ2n) is 4.33. The standard InChI is InChI=1S/C13H17NO/c1-3-9(2)12-8-10-6-4-5-7-11(10)13(15)14-12/h4-7,9,12H,3,8H2,1-2H3,(H,14,15). The van der Waals surface area contributed by atoms with E-state index in [-0.39, 0.29) is 5.91 Å². The van der Waals surface area contributed by atoms with E-state index in [2.05, 4.69) is 25.2 Å². The lowest BCUT2D eigenvalue weighted by molar-refractivity contribution is 0.0909. The van der Waals surface area contributed by atoms with E-state index < -0.39 is 0 Å². The Morgan fingerprint density at radius 3 is 2.93 bits per heavy atom. The zero-order chi connectivity index (χ0) is 10.8. The summed E-state index contributed by atoms with van der Waals surface area (Å²) in [6.07, 6.45) is 2.07. The third-order valence-corrected chi connectivity index (χ3v) is 3.35. The first-order valence-corrected chi connectivity index (χ1v) is 5.61. The van der Waals surface area contributed by atoms with E-state index in [1.807, 2.05) is 18.2 Å². The number of carbonyl (C=O) groups excluding carboxylic acids is 1. The Labute approximate surface area is 90.7 Å². The average molecular weight is 203 g/mol. The lowest BCUT2D eigenvalue weighted by atomic mass is 9.87. The van der Waals surface area contributed by atoms with Crippen molar-refractivity contribution >= 4 is 5.91 Å². The van der Waals surface area contributed by atoms with Gasteiger partial charge >= 0.3 is 0 Å². The van der Waals surface area contributed by atoms with Gasteiger partial charge in [0, 0.05) is 11.6 Å². The smallest absolute Gasteiger partial charge is 0.251 e. The molecule has 0 aliphatic carbocycles. The van der Waals surface area contributed by atoms with E-state index in [0.717, 1.165) is 18.4 Å². The van der Waals surface area contributed by atoms with Crippen LogP contribution in [0, 0.1) is 5.92 Å². The summed E-state index contributed by atoms with van der Waals surface area (Å²) in [5.74, 6) is 0.629. The minimum atomic E-state index is 0.0853. The Morgan fingerprint density at radius 2 is 2.20 bits per heavy atom. The van der Waals surface area contributed by atoms with Gasteiger partial charge in [-0.2, -0.15) is 0 Å². The highest BCUT2D eigenvalue weighted by Crippen LogP contribution is 2.21. The Kier molecular flexibility index (Phi) is 2.76. The summed E-state index contributed by atoms with van der Waals surface area (Å²) in [4.78, 5) is 11.8. The molecular weight excluding hydrogens is 186 g/mol. The number of nitrogens with one attached hydrogen (secondary N) is 1. The molecule has 80 valence electrons. The number of amides is 1. The summed E-state index contributed by atoms with van der Waals surface area (Å²) in [6.45, 7) is 4.36. The van der Waals surface area contributed by atoms with Crippen molar-refractivity contribution in [2.75, 3.05) is 0 Å². The maximum atomic E-state index is 11.8. The highest BCUT2D eigenvalue weighted by Gasteiger charge is 2.26. The SMILES string of the molecule is CCC(C)C1Cc2ccccc2C(=O)N1. The Bertz CT molecular complexity index is 373. The van der Waals surface area contributed by atoms with Gasteiger partial charge in [-0.1, -0.05) is 38.5 Å². The lowest BCUT2D eigenvalue weighted by Crippen LogP contribution is -2.44. The number of carbonyl (C=O) groups is 1. The maximum Gasteiger partial charge on any atom is 0.251 e. The molecule has 2 nitrogen and oxygen atoms in total. The van der Waals surface area contributed by atoms with E-state index in [4.69, 9.17) is 0 Å². The molecule has 0 fully saturated rings. The summed E-state index contributed by atoms with van der Waals surface area (Å²) in [5, 5.41) is 3.08. The largest absolute Gasteiger partial charge is 0.349 e. The predicted octanol–water partition coefficient (Wildman–Crippen LogP) is 2.39. The molecule has 1 aliphatic rings. The fraction of sp³-hybridized carbons (Fsp3) is 0.462. The fourth-order valence-corrected chi connectivity index (χ4v) is 2.08. The van der Waals surface area contributed by atoms with Gasteiger partial charge in [0.05, 0.1) is 0 Å². The molecule has 1 heterocycles. The minimum absolute atomic E-state index is 0.0853. The quantitative estimate of drug-likeness (QED) is 0.785. The van der Waals surface area contributed by atoms with Crippen molar-refractivity contribution < 1.29 is 4.79 Å². The van der Waals surface area contributed by atoms with Gasteiger partial charge in [-0.3, -0.25) is 4.79 Å². The first kappa shape index (κ1) is 10.2. The van der Waals surface area contributed by atoms with Crippen LogP contribution in [0.1, 0.15) is 36.2 Å². The molecule has 0 spiro atoms. The Balaban J connectivity index is 2.26. The molecule has 2 unspecified atom stereocenters. The van der Waals surface area contributed by atoms with Crippen molar-refractivity contribution in [2.24, 2.45) is 5.92 Å². The van der Waals surface area contributed by atoms with E-state index in [1.54, 1.807) is 0 Å². The van der Waals surface area contributed by atoms with Crippen LogP contribution >= 0.6 is 0 Å². The van der Waals surface area contributed by atoms with Crippen LogP contribution in [0.15, 0.2) is 24.3 Å². The second kappa shape index (κ2) is 4.05. The minimum Gasteiger partial charge on any atom is -0.349 e. The van der Waals surface area contributed by atoms with Crippen LogP contribution in [0.4, 0.5) is 0 Å². The van der Waals surface area contributed by atoms with Crippen LogP contribution in [-0.2, 0) is 6.42 Å². The van der Waals surface area contributed by atoms with Crippen LogP contribution in [0.5, 0.6) is 0 Å². The molecule has 1 aliphatic heterocycles. The highest BCUT2D eigenvalue weighted by atomic mass is 16.1. The molecule has 1 N–H and O–H groups in total. The zero-order valence-electron chi connectivity index (χ0n) is 9.29. The molecule has 0 saturated carbocycles. The van der Waals surface area contributed by atoms with Gasteiger partial charge < -0.3 is 5.32 Å². The molecular formula is C13H17NO. The molecule has 2 atom stereocenters. The van der Waals surface area contributed by atoms with Crippen LogP contribution in [0.2, 0.25) is 0 Å². The summed E-state index contributed by atoms with van der Waals surface area (Å²) in [7, 11) is 0. The number of rotatable bonds is 2. The summed E-state index contributed by atoms with van der Waals surface area (Å²) in [5.41, 5.74) is 2.03. The first-order valence-electron chi connectivity index (χ1n) is 5.61. The van der Waals surface area contributed by atoms with Crippen molar-refractivity contribution in [2.45, 2.75) is 32.7 Å². The molecule has 2 heteroatoms. The third kappa shape index (κ3) is 1.89. The van der Waals surface area contributed by atoms with Gasteiger partial charge in [-0.15, -0.1) is 0 Å². The molecule has 0 radical (unpaired) electrons. The first-order chi connectivity index (χ1) is 7.22. The van der Waals surface area contributed by atoms with Crippen molar-refractivity contribution in [3.63, 3.8) is 0 Å². The second-order valence-corrected chi connectivity index (χ2v) is 4.33. The summed E-state index contributed by atoms with van der Waals surface area (Å²) >= 11 is 0. The molecule has 15 heavy (non-hydrogen) atoms. The van der Waals surface area contributed by atoms with E-state index >= 15 is 0 Å². The van der Waals surface area contributed by atoms with Gasteiger partial charge in [0.15, 0.2) is 0 Å². The summed E-state index contributed by atoms with van der Waals surface area (Å²) < 4.78 is 0. The van der Waals surface area contributed by atoms with Crippen LogP contribution < -0.4 is 5.32 Å².